The summed E-state index contributed by atoms with van der Waals surface area (Å²) >= 11 is 0. The second-order valence-electron chi connectivity index (χ2n) is 9.42. The molecule has 3 aromatic rings. The summed E-state index contributed by atoms with van der Waals surface area (Å²) in [5, 5.41) is 0. The Balaban J connectivity index is 1.50. The summed E-state index contributed by atoms with van der Waals surface area (Å²) in [7, 11) is 2.19. The van der Waals surface area contributed by atoms with Crippen molar-refractivity contribution in [3.05, 3.63) is 102 Å². The summed E-state index contributed by atoms with van der Waals surface area (Å²) in [4.78, 5) is 13.2. The van der Waals surface area contributed by atoms with Gasteiger partial charge in [0, 0.05) is 24.8 Å². The van der Waals surface area contributed by atoms with Gasteiger partial charge >= 0.3 is 0 Å². The number of halogens is 2. The third kappa shape index (κ3) is 4.68. The molecule has 34 heavy (non-hydrogen) atoms. The molecular formula is C28H31F2N2O2+. The minimum atomic E-state index is -0.913. The number of nitrogens with two attached hydrogens (primary N) is 1. The van der Waals surface area contributed by atoms with E-state index in [9.17, 15) is 13.6 Å². The number of hydrogen-bond donors (Lipinski definition) is 1. The Kier molecular flexibility index (Phi) is 6.98. The van der Waals surface area contributed by atoms with Gasteiger partial charge in [-0.1, -0.05) is 60.7 Å². The number of likely N-dealkylation sites (tertiary alicyclic amines) is 1. The van der Waals surface area contributed by atoms with Crippen LogP contribution in [0.25, 0.3) is 0 Å². The molecule has 4 rings (SSSR count). The molecule has 6 heteroatoms. The summed E-state index contributed by atoms with van der Waals surface area (Å²) in [6.07, 6.45) is 1.62. The first kappa shape index (κ1) is 23.9. The lowest BCUT2D eigenvalue weighted by atomic mass is 9.64. The monoisotopic (exact) mass is 465 g/mol. The standard InChI is InChI=1S/C28H30F2N2O2/c1-32(16-8-18-34-24-13-14-25(29)26(30)19-24)17-15-23(20-32)28(27(31)33,21-9-4-2-5-10-21)22-11-6-3-7-12-22/h2-7,9-14,19,23H,8,15-18,20H2,1H3,(H-,31,33)/p+1/t23-,32?/m1/s1. The van der Waals surface area contributed by atoms with Gasteiger partial charge in [0.1, 0.15) is 11.2 Å². The van der Waals surface area contributed by atoms with Crippen LogP contribution in [-0.4, -0.2) is 43.7 Å². The van der Waals surface area contributed by atoms with Crippen molar-refractivity contribution in [3.63, 3.8) is 0 Å². The van der Waals surface area contributed by atoms with Crippen molar-refractivity contribution in [2.24, 2.45) is 11.7 Å². The van der Waals surface area contributed by atoms with Crippen molar-refractivity contribution in [3.8, 4) is 5.75 Å². The van der Waals surface area contributed by atoms with E-state index >= 15 is 0 Å². The number of nitrogens with zero attached hydrogens (tertiary/aromatic N) is 1. The molecule has 3 aromatic carbocycles. The van der Waals surface area contributed by atoms with Crippen LogP contribution >= 0.6 is 0 Å². The SMILES string of the molecule is C[N+]1(CCCOc2ccc(F)c(F)c2)CC[C@@H](C(C(N)=O)(c2ccccc2)c2ccccc2)C1. The predicted molar refractivity (Wildman–Crippen MR) is 128 cm³/mol. The normalized spacial score (nSPS) is 20.3. The quantitative estimate of drug-likeness (QED) is 0.369. The lowest BCUT2D eigenvalue weighted by Gasteiger charge is -2.38. The number of primary amides is 1. The lowest BCUT2D eigenvalue weighted by molar-refractivity contribution is -0.899. The number of benzene rings is 3. The van der Waals surface area contributed by atoms with Crippen LogP contribution in [0.2, 0.25) is 0 Å². The molecule has 1 amide bonds. The van der Waals surface area contributed by atoms with Crippen LogP contribution in [0, 0.1) is 17.6 Å². The molecule has 1 unspecified atom stereocenters. The van der Waals surface area contributed by atoms with Gasteiger partial charge in [-0.05, 0) is 23.3 Å². The number of amides is 1. The minimum absolute atomic E-state index is 0.0481. The zero-order valence-corrected chi connectivity index (χ0v) is 19.4. The molecule has 2 N–H and O–H groups in total. The first-order valence-electron chi connectivity index (χ1n) is 11.7. The van der Waals surface area contributed by atoms with Gasteiger partial charge < -0.3 is 15.0 Å². The number of rotatable bonds is 9. The number of carbonyl (C=O) groups is 1. The number of hydrogen-bond acceptors (Lipinski definition) is 2. The highest BCUT2D eigenvalue weighted by Gasteiger charge is 2.53. The second-order valence-corrected chi connectivity index (χ2v) is 9.42. The van der Waals surface area contributed by atoms with Crippen LogP contribution in [0.15, 0.2) is 78.9 Å². The molecule has 2 atom stereocenters. The fourth-order valence-corrected chi connectivity index (χ4v) is 5.47. The maximum atomic E-state index is 13.4. The summed E-state index contributed by atoms with van der Waals surface area (Å²) < 4.78 is 32.9. The van der Waals surface area contributed by atoms with Gasteiger partial charge in [-0.3, -0.25) is 4.79 Å². The molecule has 1 fully saturated rings. The average Bonchev–Trinajstić information content (AvgIpc) is 3.23. The number of carbonyl (C=O) groups excluding carboxylic acids is 1. The highest BCUT2D eigenvalue weighted by molar-refractivity contribution is 5.91. The van der Waals surface area contributed by atoms with Gasteiger partial charge in [0.25, 0.3) is 0 Å². The maximum Gasteiger partial charge on any atom is 0.233 e. The van der Waals surface area contributed by atoms with E-state index in [2.05, 4.69) is 7.05 Å². The predicted octanol–water partition coefficient (Wildman–Crippen LogP) is 4.67. The molecular weight excluding hydrogens is 434 g/mol. The second kappa shape index (κ2) is 9.94. The van der Waals surface area contributed by atoms with Crippen molar-refractivity contribution in [2.75, 3.05) is 33.3 Å². The van der Waals surface area contributed by atoms with Gasteiger partial charge in [0.05, 0.1) is 33.3 Å². The van der Waals surface area contributed by atoms with Crippen molar-refractivity contribution >= 4 is 5.91 Å². The topological polar surface area (TPSA) is 52.3 Å². The largest absolute Gasteiger partial charge is 0.493 e. The molecule has 0 bridgehead atoms. The number of quaternary nitrogens is 1. The molecule has 0 aromatic heterocycles. The first-order valence-corrected chi connectivity index (χ1v) is 11.7. The zero-order valence-electron chi connectivity index (χ0n) is 19.4. The minimum Gasteiger partial charge on any atom is -0.493 e. The van der Waals surface area contributed by atoms with E-state index in [4.69, 9.17) is 10.5 Å². The van der Waals surface area contributed by atoms with Crippen LogP contribution in [0.3, 0.4) is 0 Å². The molecule has 1 saturated heterocycles. The Bertz CT molecular complexity index is 1080. The molecule has 1 aliphatic rings. The van der Waals surface area contributed by atoms with E-state index in [1.165, 1.54) is 6.07 Å². The van der Waals surface area contributed by atoms with E-state index in [1.807, 2.05) is 60.7 Å². The summed E-state index contributed by atoms with van der Waals surface area (Å²) in [5.41, 5.74) is 7.14. The fourth-order valence-electron chi connectivity index (χ4n) is 5.47. The summed E-state index contributed by atoms with van der Waals surface area (Å²) in [6.45, 7) is 2.98. The third-order valence-corrected chi connectivity index (χ3v) is 7.14. The fraction of sp³-hybridized carbons (Fsp3) is 0.321. The van der Waals surface area contributed by atoms with Crippen molar-refractivity contribution in [1.29, 1.82) is 0 Å². The highest BCUT2D eigenvalue weighted by Crippen LogP contribution is 2.45. The van der Waals surface area contributed by atoms with E-state index < -0.39 is 17.0 Å². The molecule has 0 saturated carbocycles. The van der Waals surface area contributed by atoms with Crippen LogP contribution in [0.4, 0.5) is 8.78 Å². The van der Waals surface area contributed by atoms with Crippen LogP contribution in [0.5, 0.6) is 5.75 Å². The zero-order chi connectivity index (χ0) is 24.2. The van der Waals surface area contributed by atoms with Gasteiger partial charge in [-0.25, -0.2) is 8.78 Å². The maximum absolute atomic E-state index is 13.4. The average molecular weight is 466 g/mol. The van der Waals surface area contributed by atoms with Crippen LogP contribution in [-0.2, 0) is 10.2 Å². The Morgan fingerprint density at radius 1 is 1.00 bits per heavy atom. The Morgan fingerprint density at radius 2 is 1.62 bits per heavy atom. The Hall–Kier alpha value is -3.25. The first-order chi connectivity index (χ1) is 16.3. The smallest absolute Gasteiger partial charge is 0.233 e. The van der Waals surface area contributed by atoms with Crippen molar-refractivity contribution < 1.29 is 22.8 Å². The van der Waals surface area contributed by atoms with Crippen molar-refractivity contribution in [1.82, 2.24) is 0 Å². The van der Waals surface area contributed by atoms with Crippen LogP contribution < -0.4 is 10.5 Å². The molecule has 0 aliphatic carbocycles. The Morgan fingerprint density at radius 3 is 2.18 bits per heavy atom. The summed E-state index contributed by atoms with van der Waals surface area (Å²) in [6, 6.07) is 23.3. The van der Waals surface area contributed by atoms with Crippen LogP contribution in [0.1, 0.15) is 24.0 Å². The van der Waals surface area contributed by atoms with E-state index in [-0.39, 0.29) is 11.8 Å². The molecule has 1 heterocycles. The van der Waals surface area contributed by atoms with Gasteiger partial charge in [-0.15, -0.1) is 0 Å². The summed E-state index contributed by atoms with van der Waals surface area (Å²) in [5.74, 6) is -1.76. The number of ether oxygens (including phenoxy) is 1. The van der Waals surface area contributed by atoms with Gasteiger partial charge in [-0.2, -0.15) is 0 Å². The molecule has 178 valence electrons. The van der Waals surface area contributed by atoms with Gasteiger partial charge in [0.2, 0.25) is 5.91 Å². The Labute approximate surface area is 199 Å². The molecule has 4 nitrogen and oxygen atoms in total. The lowest BCUT2D eigenvalue weighted by Crippen LogP contribution is -2.51. The molecule has 1 aliphatic heterocycles. The van der Waals surface area contributed by atoms with E-state index in [1.54, 1.807) is 0 Å². The van der Waals surface area contributed by atoms with E-state index in [0.29, 0.717) is 12.4 Å². The third-order valence-electron chi connectivity index (χ3n) is 7.14. The highest BCUT2D eigenvalue weighted by atomic mass is 19.2. The van der Waals surface area contributed by atoms with E-state index in [0.717, 1.165) is 60.2 Å². The molecule has 0 radical (unpaired) electrons. The molecule has 0 spiro atoms. The van der Waals surface area contributed by atoms with Gasteiger partial charge in [0.15, 0.2) is 11.6 Å². The van der Waals surface area contributed by atoms with Crippen molar-refractivity contribution in [2.45, 2.75) is 18.3 Å².